The summed E-state index contributed by atoms with van der Waals surface area (Å²) in [6.07, 6.45) is 3.46. The van der Waals surface area contributed by atoms with Crippen LogP contribution in [0.25, 0.3) is 5.69 Å². The first-order valence-electron chi connectivity index (χ1n) is 6.18. The molecule has 0 amide bonds. The second-order valence-corrected chi connectivity index (χ2v) is 4.40. The number of hydrogen-bond acceptors (Lipinski definition) is 2. The summed E-state index contributed by atoms with van der Waals surface area (Å²) in [5.74, 6) is -0.307. The van der Waals surface area contributed by atoms with Gasteiger partial charge in [-0.05, 0) is 30.3 Å². The van der Waals surface area contributed by atoms with Gasteiger partial charge in [-0.1, -0.05) is 12.1 Å². The van der Waals surface area contributed by atoms with Crippen molar-refractivity contribution in [2.75, 3.05) is 0 Å². The standard InChI is InChI=1S/C15H12FN3O/c16-12-4-3-5-14(10-12)19-9-7-13(17-19)11-18-8-2-1-6-15(18)20/h1-10H,11H2. The lowest BCUT2D eigenvalue weighted by atomic mass is 10.3. The van der Waals surface area contributed by atoms with Crippen LogP contribution in [0.5, 0.6) is 0 Å². The minimum absolute atomic E-state index is 0.0761. The lowest BCUT2D eigenvalue weighted by Gasteiger charge is -2.03. The topological polar surface area (TPSA) is 39.8 Å². The van der Waals surface area contributed by atoms with Crippen molar-refractivity contribution >= 4 is 0 Å². The second-order valence-electron chi connectivity index (χ2n) is 4.40. The molecule has 2 heterocycles. The Kier molecular flexibility index (Phi) is 3.16. The zero-order chi connectivity index (χ0) is 13.9. The maximum Gasteiger partial charge on any atom is 0.250 e. The fourth-order valence-electron chi connectivity index (χ4n) is 1.97. The number of hydrogen-bond donors (Lipinski definition) is 0. The van der Waals surface area contributed by atoms with Gasteiger partial charge >= 0.3 is 0 Å². The van der Waals surface area contributed by atoms with Gasteiger partial charge < -0.3 is 4.57 Å². The Morgan fingerprint density at radius 3 is 2.75 bits per heavy atom. The van der Waals surface area contributed by atoms with Crippen LogP contribution in [0, 0.1) is 5.82 Å². The van der Waals surface area contributed by atoms with Crippen molar-refractivity contribution in [1.82, 2.24) is 14.3 Å². The molecule has 20 heavy (non-hydrogen) atoms. The Morgan fingerprint density at radius 1 is 1.05 bits per heavy atom. The van der Waals surface area contributed by atoms with E-state index >= 15 is 0 Å². The van der Waals surface area contributed by atoms with Crippen molar-refractivity contribution in [3.8, 4) is 5.69 Å². The van der Waals surface area contributed by atoms with Crippen LogP contribution in [0.1, 0.15) is 5.69 Å². The molecule has 4 nitrogen and oxygen atoms in total. The van der Waals surface area contributed by atoms with Gasteiger partial charge in [0, 0.05) is 18.5 Å². The van der Waals surface area contributed by atoms with E-state index in [1.165, 1.54) is 18.2 Å². The molecule has 0 saturated carbocycles. The average Bonchev–Trinajstić information content (AvgIpc) is 2.90. The highest BCUT2D eigenvalue weighted by atomic mass is 19.1. The molecule has 3 aromatic rings. The molecule has 0 N–H and O–H groups in total. The normalized spacial score (nSPS) is 10.7. The van der Waals surface area contributed by atoms with E-state index in [-0.39, 0.29) is 11.4 Å². The monoisotopic (exact) mass is 269 g/mol. The predicted octanol–water partition coefficient (Wildman–Crippen LogP) is 2.22. The molecule has 0 aliphatic carbocycles. The van der Waals surface area contributed by atoms with Crippen molar-refractivity contribution in [1.29, 1.82) is 0 Å². The second kappa shape index (κ2) is 5.13. The van der Waals surface area contributed by atoms with Crippen LogP contribution >= 0.6 is 0 Å². The largest absolute Gasteiger partial charge is 0.309 e. The number of aromatic nitrogens is 3. The van der Waals surface area contributed by atoms with Crippen LogP contribution in [0.15, 0.2) is 65.7 Å². The first kappa shape index (κ1) is 12.3. The molecule has 0 aliphatic heterocycles. The first-order chi connectivity index (χ1) is 9.72. The number of pyridine rings is 1. The van der Waals surface area contributed by atoms with Crippen molar-refractivity contribution in [2.45, 2.75) is 6.54 Å². The molecule has 3 rings (SSSR count). The van der Waals surface area contributed by atoms with Crippen molar-refractivity contribution in [3.63, 3.8) is 0 Å². The molecule has 0 atom stereocenters. The molecule has 0 unspecified atom stereocenters. The van der Waals surface area contributed by atoms with Crippen molar-refractivity contribution in [2.24, 2.45) is 0 Å². The molecular weight excluding hydrogens is 257 g/mol. The van der Waals surface area contributed by atoms with Gasteiger partial charge in [-0.3, -0.25) is 4.79 Å². The molecule has 2 aromatic heterocycles. The Hall–Kier alpha value is -2.69. The van der Waals surface area contributed by atoms with Crippen molar-refractivity contribution < 1.29 is 4.39 Å². The highest BCUT2D eigenvalue weighted by Crippen LogP contribution is 2.09. The Labute approximate surface area is 114 Å². The number of halogens is 1. The molecule has 0 bridgehead atoms. The summed E-state index contributed by atoms with van der Waals surface area (Å²) >= 11 is 0. The van der Waals surface area contributed by atoms with E-state index in [1.54, 1.807) is 45.9 Å². The number of rotatable bonds is 3. The molecule has 0 spiro atoms. The van der Waals surface area contributed by atoms with E-state index in [4.69, 9.17) is 0 Å². The number of nitrogens with zero attached hydrogens (tertiary/aromatic N) is 3. The fourth-order valence-corrected chi connectivity index (χ4v) is 1.97. The maximum absolute atomic E-state index is 13.2. The average molecular weight is 269 g/mol. The minimum Gasteiger partial charge on any atom is -0.309 e. The Morgan fingerprint density at radius 2 is 1.95 bits per heavy atom. The number of benzene rings is 1. The lowest BCUT2D eigenvalue weighted by Crippen LogP contribution is -2.18. The highest BCUT2D eigenvalue weighted by Gasteiger charge is 2.03. The molecule has 0 aliphatic rings. The van der Waals surface area contributed by atoms with Crippen LogP contribution in [0.3, 0.4) is 0 Å². The maximum atomic E-state index is 13.2. The Bertz CT molecular complexity index is 791. The van der Waals surface area contributed by atoms with E-state index in [0.29, 0.717) is 12.2 Å². The third kappa shape index (κ3) is 2.51. The van der Waals surface area contributed by atoms with Crippen LogP contribution in [0.2, 0.25) is 0 Å². The van der Waals surface area contributed by atoms with E-state index in [1.807, 2.05) is 6.07 Å². The third-order valence-corrected chi connectivity index (χ3v) is 2.95. The first-order valence-corrected chi connectivity index (χ1v) is 6.18. The minimum atomic E-state index is -0.307. The summed E-state index contributed by atoms with van der Waals surface area (Å²) in [5, 5.41) is 4.35. The summed E-state index contributed by atoms with van der Waals surface area (Å²) in [6, 6.07) is 13.0. The summed E-state index contributed by atoms with van der Waals surface area (Å²) in [5.41, 5.74) is 1.31. The van der Waals surface area contributed by atoms with E-state index in [2.05, 4.69) is 5.10 Å². The smallest absolute Gasteiger partial charge is 0.250 e. The zero-order valence-corrected chi connectivity index (χ0v) is 10.6. The quantitative estimate of drug-likeness (QED) is 0.731. The molecule has 0 saturated heterocycles. The molecule has 5 heteroatoms. The summed E-state index contributed by atoms with van der Waals surface area (Å²) < 4.78 is 16.3. The van der Waals surface area contributed by atoms with Crippen LogP contribution < -0.4 is 5.56 Å². The lowest BCUT2D eigenvalue weighted by molar-refractivity contribution is 0.625. The Balaban J connectivity index is 1.88. The summed E-state index contributed by atoms with van der Waals surface area (Å²) in [7, 11) is 0. The van der Waals surface area contributed by atoms with Crippen LogP contribution in [-0.4, -0.2) is 14.3 Å². The van der Waals surface area contributed by atoms with Crippen LogP contribution in [-0.2, 0) is 6.54 Å². The molecule has 0 radical (unpaired) electrons. The SMILES string of the molecule is O=c1ccccn1Cc1ccn(-c2cccc(F)c2)n1. The van der Waals surface area contributed by atoms with E-state index in [0.717, 1.165) is 5.69 Å². The van der Waals surface area contributed by atoms with Crippen LogP contribution in [0.4, 0.5) is 4.39 Å². The molecule has 0 fully saturated rings. The van der Waals surface area contributed by atoms with Gasteiger partial charge in [0.15, 0.2) is 0 Å². The van der Waals surface area contributed by atoms with Gasteiger partial charge in [0.25, 0.3) is 5.56 Å². The van der Waals surface area contributed by atoms with Gasteiger partial charge in [0.2, 0.25) is 0 Å². The zero-order valence-electron chi connectivity index (χ0n) is 10.6. The van der Waals surface area contributed by atoms with Gasteiger partial charge in [0.1, 0.15) is 5.82 Å². The van der Waals surface area contributed by atoms with E-state index in [9.17, 15) is 9.18 Å². The fraction of sp³-hybridized carbons (Fsp3) is 0.0667. The summed E-state index contributed by atoms with van der Waals surface area (Å²) in [4.78, 5) is 11.6. The third-order valence-electron chi connectivity index (χ3n) is 2.95. The molecule has 1 aromatic carbocycles. The predicted molar refractivity (Wildman–Crippen MR) is 73.3 cm³/mol. The van der Waals surface area contributed by atoms with E-state index < -0.39 is 0 Å². The molecular formula is C15H12FN3O. The molecule has 100 valence electrons. The highest BCUT2D eigenvalue weighted by molar-refractivity contribution is 5.31. The van der Waals surface area contributed by atoms with Gasteiger partial charge in [-0.2, -0.15) is 5.10 Å². The van der Waals surface area contributed by atoms with Crippen molar-refractivity contribution in [3.05, 3.63) is 82.8 Å². The van der Waals surface area contributed by atoms with Gasteiger partial charge in [-0.25, -0.2) is 9.07 Å². The van der Waals surface area contributed by atoms with Gasteiger partial charge in [0.05, 0.1) is 17.9 Å². The summed E-state index contributed by atoms with van der Waals surface area (Å²) in [6.45, 7) is 0.391. The van der Waals surface area contributed by atoms with Gasteiger partial charge in [-0.15, -0.1) is 0 Å².